The average Bonchev–Trinajstić information content (AvgIpc) is 2.55. The van der Waals surface area contributed by atoms with Gasteiger partial charge in [0.25, 0.3) is 0 Å². The molecule has 2 aliphatic rings. The van der Waals surface area contributed by atoms with Gasteiger partial charge in [0.1, 0.15) is 0 Å². The van der Waals surface area contributed by atoms with E-state index in [9.17, 15) is 9.90 Å². The molecule has 1 aromatic rings. The molecule has 1 aromatic heterocycles. The fourth-order valence-corrected chi connectivity index (χ4v) is 3.49. The lowest BCUT2D eigenvalue weighted by atomic mass is 9.92. The molecule has 1 atom stereocenters. The second-order valence-corrected chi connectivity index (χ2v) is 6.29. The zero-order valence-corrected chi connectivity index (χ0v) is 13.1. The van der Waals surface area contributed by atoms with E-state index in [4.69, 9.17) is 0 Å². The molecule has 0 aromatic carbocycles. The minimum atomic E-state index is -0.275. The van der Waals surface area contributed by atoms with Crippen LogP contribution >= 0.6 is 0 Å². The number of anilines is 1. The fraction of sp³-hybridized carbons (Fsp3) is 0.688. The van der Waals surface area contributed by atoms with Gasteiger partial charge < -0.3 is 14.9 Å². The Morgan fingerprint density at radius 2 is 1.91 bits per heavy atom. The van der Waals surface area contributed by atoms with Crippen molar-refractivity contribution in [2.75, 3.05) is 31.1 Å². The SMILES string of the molecule is CC(=O)N1CCC(c2nccnc2N2CCCC(O)C2)CC1. The molecule has 0 saturated carbocycles. The number of rotatable bonds is 2. The van der Waals surface area contributed by atoms with Crippen molar-refractivity contribution in [2.24, 2.45) is 0 Å². The summed E-state index contributed by atoms with van der Waals surface area (Å²) in [4.78, 5) is 24.6. The van der Waals surface area contributed by atoms with Gasteiger partial charge in [-0.1, -0.05) is 0 Å². The lowest BCUT2D eigenvalue weighted by molar-refractivity contribution is -0.129. The summed E-state index contributed by atoms with van der Waals surface area (Å²) < 4.78 is 0. The van der Waals surface area contributed by atoms with Gasteiger partial charge in [0, 0.05) is 51.4 Å². The Bertz CT molecular complexity index is 529. The number of piperidine rings is 2. The Morgan fingerprint density at radius 3 is 2.59 bits per heavy atom. The number of β-amino-alcohol motifs (C(OH)–C–C–N with tert-alkyl or cyclic N) is 1. The molecule has 2 aliphatic heterocycles. The van der Waals surface area contributed by atoms with Crippen molar-refractivity contribution in [3.8, 4) is 0 Å². The van der Waals surface area contributed by atoms with E-state index in [1.54, 1.807) is 19.3 Å². The average molecular weight is 304 g/mol. The molecule has 120 valence electrons. The smallest absolute Gasteiger partial charge is 0.219 e. The third-order valence-electron chi connectivity index (χ3n) is 4.73. The number of aliphatic hydroxyl groups is 1. The van der Waals surface area contributed by atoms with Crippen LogP contribution in [0.5, 0.6) is 0 Å². The van der Waals surface area contributed by atoms with Crippen molar-refractivity contribution < 1.29 is 9.90 Å². The van der Waals surface area contributed by atoms with E-state index in [2.05, 4.69) is 14.9 Å². The third-order valence-corrected chi connectivity index (χ3v) is 4.73. The number of likely N-dealkylation sites (tertiary alicyclic amines) is 1. The Hall–Kier alpha value is -1.69. The number of amides is 1. The first-order valence-electron chi connectivity index (χ1n) is 8.14. The zero-order valence-electron chi connectivity index (χ0n) is 13.1. The van der Waals surface area contributed by atoms with E-state index in [1.165, 1.54) is 0 Å². The molecule has 1 unspecified atom stereocenters. The Morgan fingerprint density at radius 1 is 1.18 bits per heavy atom. The summed E-state index contributed by atoms with van der Waals surface area (Å²) in [5.74, 6) is 1.41. The van der Waals surface area contributed by atoms with Crippen LogP contribution in [0.1, 0.15) is 44.2 Å². The molecule has 0 radical (unpaired) electrons. The van der Waals surface area contributed by atoms with Crippen LogP contribution < -0.4 is 4.90 Å². The number of nitrogens with zero attached hydrogens (tertiary/aromatic N) is 4. The van der Waals surface area contributed by atoms with Crippen LogP contribution in [0.15, 0.2) is 12.4 Å². The number of carbonyl (C=O) groups excluding carboxylic acids is 1. The minimum absolute atomic E-state index is 0.150. The first kappa shape index (κ1) is 15.2. The fourth-order valence-electron chi connectivity index (χ4n) is 3.49. The van der Waals surface area contributed by atoms with Crippen LogP contribution in [0.25, 0.3) is 0 Å². The van der Waals surface area contributed by atoms with Crippen LogP contribution in [0.2, 0.25) is 0 Å². The normalized spacial score (nSPS) is 23.6. The molecule has 3 heterocycles. The molecule has 2 fully saturated rings. The highest BCUT2D eigenvalue weighted by Gasteiger charge is 2.28. The quantitative estimate of drug-likeness (QED) is 0.888. The number of hydrogen-bond acceptors (Lipinski definition) is 5. The molecule has 0 spiro atoms. The molecular weight excluding hydrogens is 280 g/mol. The summed E-state index contributed by atoms with van der Waals surface area (Å²) >= 11 is 0. The third kappa shape index (κ3) is 3.21. The molecule has 0 bridgehead atoms. The van der Waals surface area contributed by atoms with Gasteiger partial charge in [-0.05, 0) is 25.7 Å². The highest BCUT2D eigenvalue weighted by molar-refractivity contribution is 5.73. The predicted octanol–water partition coefficient (Wildman–Crippen LogP) is 1.16. The van der Waals surface area contributed by atoms with E-state index in [0.717, 1.165) is 56.8 Å². The topological polar surface area (TPSA) is 69.6 Å². The summed E-state index contributed by atoms with van der Waals surface area (Å²) in [6, 6.07) is 0. The van der Waals surface area contributed by atoms with Gasteiger partial charge in [0.15, 0.2) is 5.82 Å². The van der Waals surface area contributed by atoms with Gasteiger partial charge in [0.2, 0.25) is 5.91 Å². The standard InChI is InChI=1S/C16H24N4O2/c1-12(21)19-9-4-13(5-10-19)15-16(18-7-6-17-15)20-8-2-3-14(22)11-20/h6-7,13-14,22H,2-5,8-11H2,1H3. The zero-order chi connectivity index (χ0) is 15.5. The van der Waals surface area contributed by atoms with Gasteiger partial charge in [-0.15, -0.1) is 0 Å². The molecule has 6 nitrogen and oxygen atoms in total. The van der Waals surface area contributed by atoms with Gasteiger partial charge in [-0.25, -0.2) is 4.98 Å². The number of aliphatic hydroxyl groups excluding tert-OH is 1. The van der Waals surface area contributed by atoms with E-state index >= 15 is 0 Å². The van der Waals surface area contributed by atoms with Gasteiger partial charge in [0.05, 0.1) is 11.8 Å². The molecule has 2 saturated heterocycles. The number of hydrogen-bond donors (Lipinski definition) is 1. The summed E-state index contributed by atoms with van der Waals surface area (Å²) in [5.41, 5.74) is 1.03. The molecule has 0 aliphatic carbocycles. The minimum Gasteiger partial charge on any atom is -0.391 e. The largest absolute Gasteiger partial charge is 0.391 e. The van der Waals surface area contributed by atoms with Gasteiger partial charge >= 0.3 is 0 Å². The summed E-state index contributed by atoms with van der Waals surface area (Å²) in [5, 5.41) is 9.90. The lowest BCUT2D eigenvalue weighted by Gasteiger charge is -2.35. The first-order valence-corrected chi connectivity index (χ1v) is 8.14. The summed E-state index contributed by atoms with van der Waals surface area (Å²) in [7, 11) is 0. The molecular formula is C16H24N4O2. The van der Waals surface area contributed by atoms with Crippen molar-refractivity contribution in [1.29, 1.82) is 0 Å². The van der Waals surface area contributed by atoms with E-state index in [-0.39, 0.29) is 12.0 Å². The molecule has 1 N–H and O–H groups in total. The van der Waals surface area contributed by atoms with Crippen LogP contribution in [0, 0.1) is 0 Å². The van der Waals surface area contributed by atoms with Gasteiger partial charge in [-0.3, -0.25) is 9.78 Å². The van der Waals surface area contributed by atoms with Crippen molar-refractivity contribution >= 4 is 11.7 Å². The van der Waals surface area contributed by atoms with Crippen LogP contribution in [0.4, 0.5) is 5.82 Å². The molecule has 3 rings (SSSR count). The van der Waals surface area contributed by atoms with E-state index in [0.29, 0.717) is 12.5 Å². The lowest BCUT2D eigenvalue weighted by Crippen LogP contribution is -2.40. The Kier molecular flexibility index (Phi) is 4.57. The Balaban J connectivity index is 1.76. The first-order chi connectivity index (χ1) is 10.6. The van der Waals surface area contributed by atoms with Crippen LogP contribution in [0.3, 0.4) is 0 Å². The van der Waals surface area contributed by atoms with Crippen molar-refractivity contribution in [3.05, 3.63) is 18.1 Å². The Labute approximate surface area is 131 Å². The van der Waals surface area contributed by atoms with Crippen LogP contribution in [-0.4, -0.2) is 58.2 Å². The summed E-state index contributed by atoms with van der Waals surface area (Å²) in [6.45, 7) is 4.77. The predicted molar refractivity (Wildman–Crippen MR) is 83.7 cm³/mol. The molecule has 22 heavy (non-hydrogen) atoms. The monoisotopic (exact) mass is 304 g/mol. The highest BCUT2D eigenvalue weighted by atomic mass is 16.3. The van der Waals surface area contributed by atoms with E-state index in [1.807, 2.05) is 4.90 Å². The van der Waals surface area contributed by atoms with E-state index < -0.39 is 0 Å². The number of carbonyl (C=O) groups is 1. The maximum Gasteiger partial charge on any atom is 0.219 e. The molecule has 6 heteroatoms. The van der Waals surface area contributed by atoms with Crippen LogP contribution in [-0.2, 0) is 4.79 Å². The second kappa shape index (κ2) is 6.60. The van der Waals surface area contributed by atoms with Gasteiger partial charge in [-0.2, -0.15) is 0 Å². The highest BCUT2D eigenvalue weighted by Crippen LogP contribution is 2.32. The second-order valence-electron chi connectivity index (χ2n) is 6.29. The van der Waals surface area contributed by atoms with Crippen molar-refractivity contribution in [1.82, 2.24) is 14.9 Å². The maximum absolute atomic E-state index is 11.5. The molecule has 1 amide bonds. The maximum atomic E-state index is 11.5. The van der Waals surface area contributed by atoms with Crippen molar-refractivity contribution in [2.45, 2.75) is 44.6 Å². The number of aromatic nitrogens is 2. The summed E-state index contributed by atoms with van der Waals surface area (Å²) in [6.07, 6.45) is 6.91. The van der Waals surface area contributed by atoms with Crippen molar-refractivity contribution in [3.63, 3.8) is 0 Å².